The van der Waals surface area contributed by atoms with Crippen molar-refractivity contribution in [1.82, 2.24) is 9.55 Å². The van der Waals surface area contributed by atoms with Crippen LogP contribution >= 0.6 is 6.72 Å². The highest BCUT2D eigenvalue weighted by atomic mass is 32.5. The summed E-state index contributed by atoms with van der Waals surface area (Å²) in [6.45, 7) is -1.63. The summed E-state index contributed by atoms with van der Waals surface area (Å²) >= 11 is 4.50. The summed E-state index contributed by atoms with van der Waals surface area (Å²) in [4.78, 5) is 44.9. The number of methoxy groups -OCH3 is 1. The zero-order valence-corrected chi connectivity index (χ0v) is 16.0. The molecule has 1 aromatic heterocycles. The number of aliphatic hydroxyl groups is 1. The molecule has 5 atom stereocenters. The van der Waals surface area contributed by atoms with Gasteiger partial charge in [-0.25, -0.2) is 4.79 Å². The third kappa shape index (κ3) is 4.85. The number of hydrogen-bond donors (Lipinski definition) is 4. The van der Waals surface area contributed by atoms with Gasteiger partial charge in [0.25, 0.3) is 5.56 Å². The van der Waals surface area contributed by atoms with Crippen molar-refractivity contribution in [2.45, 2.75) is 44.7 Å². The van der Waals surface area contributed by atoms with Gasteiger partial charge in [-0.05, 0) is 25.7 Å². The van der Waals surface area contributed by atoms with E-state index in [0.29, 0.717) is 0 Å². The van der Waals surface area contributed by atoms with Crippen molar-refractivity contribution in [1.29, 1.82) is 0 Å². The van der Waals surface area contributed by atoms with Gasteiger partial charge in [0.15, 0.2) is 12.5 Å². The van der Waals surface area contributed by atoms with Gasteiger partial charge in [0.1, 0.15) is 18.3 Å². The highest BCUT2D eigenvalue weighted by molar-refractivity contribution is 8.06. The van der Waals surface area contributed by atoms with Crippen LogP contribution in [-0.4, -0.2) is 62.8 Å². The lowest BCUT2D eigenvalue weighted by molar-refractivity contribution is -0.181. The normalized spacial score (nSPS) is 27.6. The second-order valence-corrected chi connectivity index (χ2v) is 8.31. The molecule has 1 unspecified atom stereocenters. The monoisotopic (exact) mass is 412 g/mol. The summed E-state index contributed by atoms with van der Waals surface area (Å²) in [5, 5.41) is 9.55. The van der Waals surface area contributed by atoms with Crippen molar-refractivity contribution in [3.05, 3.63) is 32.6 Å². The summed E-state index contributed by atoms with van der Waals surface area (Å²) in [6.07, 6.45) is -3.99. The Labute approximate surface area is 153 Å². The number of H-pyrrole nitrogens is 1. The highest BCUT2D eigenvalue weighted by Crippen LogP contribution is 2.45. The molecule has 2 rings (SSSR count). The molecule has 1 aliphatic rings. The van der Waals surface area contributed by atoms with Gasteiger partial charge in [-0.3, -0.25) is 18.9 Å². The first-order chi connectivity index (χ1) is 12.1. The Hall–Kier alpha value is -0.950. The molecule has 26 heavy (non-hydrogen) atoms. The molecular formula is C13H21N2O9PS. The number of ether oxygens (including phenoxy) is 3. The number of aromatic amines is 1. The van der Waals surface area contributed by atoms with Crippen LogP contribution in [0, 0.1) is 6.92 Å². The van der Waals surface area contributed by atoms with Gasteiger partial charge in [0.05, 0.1) is 6.61 Å². The van der Waals surface area contributed by atoms with Crippen LogP contribution in [0.2, 0.25) is 0 Å². The van der Waals surface area contributed by atoms with Gasteiger partial charge < -0.3 is 29.1 Å². The second kappa shape index (κ2) is 8.38. The minimum atomic E-state index is -4.13. The molecule has 13 heteroatoms. The van der Waals surface area contributed by atoms with Crippen LogP contribution in [0.5, 0.6) is 0 Å². The second-order valence-electron chi connectivity index (χ2n) is 5.69. The van der Waals surface area contributed by atoms with Gasteiger partial charge in [-0.2, -0.15) is 0 Å². The molecule has 4 N–H and O–H groups in total. The number of aromatic nitrogens is 2. The smallest absolute Gasteiger partial charge is 0.330 e. The molecule has 0 saturated carbocycles. The largest absolute Gasteiger partial charge is 0.394 e. The Morgan fingerprint density at radius 3 is 2.62 bits per heavy atom. The average molecular weight is 412 g/mol. The number of aryl methyl sites for hydroxylation is 1. The number of rotatable bonds is 7. The predicted octanol–water partition coefficient (Wildman–Crippen LogP) is -1.29. The molecule has 2 heterocycles. The van der Waals surface area contributed by atoms with Gasteiger partial charge in [0.2, 0.25) is 0 Å². The minimum absolute atomic E-state index is 0.242. The molecular weight excluding hydrogens is 391 g/mol. The van der Waals surface area contributed by atoms with Gasteiger partial charge >= 0.3 is 12.4 Å². The SMILES string of the molecule is COC(C)O[C@@H]1[C@H](OP(O)(O)=S)[C@@H](CO)O[C@H]1n1cc(C)c(=O)[nH]c1=O. The average Bonchev–Trinajstić information content (AvgIpc) is 2.86. The fraction of sp³-hybridized carbons (Fsp3) is 0.692. The van der Waals surface area contributed by atoms with E-state index in [2.05, 4.69) is 16.8 Å². The van der Waals surface area contributed by atoms with E-state index in [0.717, 1.165) is 4.57 Å². The molecule has 1 aliphatic heterocycles. The first-order valence-electron chi connectivity index (χ1n) is 7.58. The minimum Gasteiger partial charge on any atom is -0.394 e. The predicted molar refractivity (Wildman–Crippen MR) is 92.0 cm³/mol. The number of nitrogens with zero attached hydrogens (tertiary/aromatic N) is 1. The summed E-state index contributed by atoms with van der Waals surface area (Å²) in [5.41, 5.74) is -1.08. The fourth-order valence-electron chi connectivity index (χ4n) is 2.56. The fourth-order valence-corrected chi connectivity index (χ4v) is 3.43. The third-order valence-corrected chi connectivity index (χ3v) is 4.60. The van der Waals surface area contributed by atoms with Crippen LogP contribution in [0.15, 0.2) is 15.8 Å². The first-order valence-corrected chi connectivity index (χ1v) is 10.2. The van der Waals surface area contributed by atoms with Crippen molar-refractivity contribution in [2.24, 2.45) is 0 Å². The maximum Gasteiger partial charge on any atom is 0.330 e. The number of nitrogens with one attached hydrogen (secondary N) is 1. The molecule has 0 aliphatic carbocycles. The molecule has 11 nitrogen and oxygen atoms in total. The Balaban J connectivity index is 2.49. The van der Waals surface area contributed by atoms with Crippen LogP contribution in [0.25, 0.3) is 0 Å². The summed E-state index contributed by atoms with van der Waals surface area (Å²) in [7, 11) is 1.38. The van der Waals surface area contributed by atoms with Crippen LogP contribution in [0.4, 0.5) is 0 Å². The lowest BCUT2D eigenvalue weighted by Gasteiger charge is -2.28. The maximum atomic E-state index is 12.2. The van der Waals surface area contributed by atoms with Crippen molar-refractivity contribution in [3.63, 3.8) is 0 Å². The van der Waals surface area contributed by atoms with E-state index in [1.807, 2.05) is 0 Å². The zero-order chi connectivity index (χ0) is 19.6. The third-order valence-electron chi connectivity index (χ3n) is 3.83. The standard InChI is InChI=1S/C13H21N2O9PS/c1-6-4-15(13(18)14-11(6)17)12-10(22-7(2)21-3)9(8(5-16)23-12)24-25(19,20)26/h4,7-10,12,16H,5H2,1-3H3,(H,14,17,18)(H2,19,20,26)/t7?,8-,9-,10-,12-/m1/s1. The Morgan fingerprint density at radius 2 is 2.08 bits per heavy atom. The molecule has 0 aromatic carbocycles. The van der Waals surface area contributed by atoms with Crippen LogP contribution in [-0.2, 0) is 30.5 Å². The molecule has 0 radical (unpaired) electrons. The molecule has 1 aromatic rings. The molecule has 1 fully saturated rings. The van der Waals surface area contributed by atoms with E-state index in [-0.39, 0.29) is 5.56 Å². The topological polar surface area (TPSA) is 152 Å². The molecule has 0 amide bonds. The van der Waals surface area contributed by atoms with Crippen LogP contribution < -0.4 is 11.2 Å². The lowest BCUT2D eigenvalue weighted by atomic mass is 10.1. The Kier molecular flexibility index (Phi) is 6.88. The quantitative estimate of drug-likeness (QED) is 0.314. The van der Waals surface area contributed by atoms with E-state index in [4.69, 9.17) is 18.7 Å². The van der Waals surface area contributed by atoms with Crippen molar-refractivity contribution in [2.75, 3.05) is 13.7 Å². The van der Waals surface area contributed by atoms with Crippen LogP contribution in [0.1, 0.15) is 18.7 Å². The van der Waals surface area contributed by atoms with Crippen molar-refractivity contribution < 1.29 is 33.6 Å². The van der Waals surface area contributed by atoms with Crippen molar-refractivity contribution in [3.8, 4) is 0 Å². The molecule has 0 spiro atoms. The lowest BCUT2D eigenvalue weighted by Crippen LogP contribution is -2.42. The number of hydrogen-bond acceptors (Lipinski definition) is 8. The summed E-state index contributed by atoms with van der Waals surface area (Å²) in [6, 6.07) is 0. The van der Waals surface area contributed by atoms with E-state index < -0.39 is 55.4 Å². The van der Waals surface area contributed by atoms with E-state index in [1.165, 1.54) is 20.2 Å². The molecule has 148 valence electrons. The number of aliphatic hydroxyl groups excluding tert-OH is 1. The van der Waals surface area contributed by atoms with E-state index >= 15 is 0 Å². The van der Waals surface area contributed by atoms with Crippen LogP contribution in [0.3, 0.4) is 0 Å². The summed E-state index contributed by atoms with van der Waals surface area (Å²) < 4.78 is 22.5. The van der Waals surface area contributed by atoms with Crippen molar-refractivity contribution >= 4 is 18.5 Å². The molecule has 1 saturated heterocycles. The van der Waals surface area contributed by atoms with E-state index in [9.17, 15) is 24.5 Å². The zero-order valence-electron chi connectivity index (χ0n) is 14.3. The molecule has 0 bridgehead atoms. The Morgan fingerprint density at radius 1 is 1.42 bits per heavy atom. The summed E-state index contributed by atoms with van der Waals surface area (Å²) in [5.74, 6) is 0. The van der Waals surface area contributed by atoms with Gasteiger partial charge in [-0.15, -0.1) is 0 Å². The van der Waals surface area contributed by atoms with Gasteiger partial charge in [-0.1, -0.05) is 0 Å². The maximum absolute atomic E-state index is 12.2. The highest BCUT2D eigenvalue weighted by Gasteiger charge is 2.50. The first kappa shape index (κ1) is 21.4. The van der Waals surface area contributed by atoms with E-state index in [1.54, 1.807) is 6.92 Å². The Bertz CT molecular complexity index is 791. The van der Waals surface area contributed by atoms with Gasteiger partial charge in [0, 0.05) is 18.9 Å².